The third kappa shape index (κ3) is 4.91. The molecule has 0 heterocycles. The Morgan fingerprint density at radius 1 is 1.12 bits per heavy atom. The highest BCUT2D eigenvalue weighted by molar-refractivity contribution is 6.05. The zero-order valence-corrected chi connectivity index (χ0v) is 14.5. The van der Waals surface area contributed by atoms with Crippen LogP contribution >= 0.6 is 0 Å². The Morgan fingerprint density at radius 2 is 1.85 bits per heavy atom. The summed E-state index contributed by atoms with van der Waals surface area (Å²) in [5.74, 6) is 0.158. The van der Waals surface area contributed by atoms with Crippen LogP contribution in [0.4, 0.5) is 18.9 Å². The van der Waals surface area contributed by atoms with Crippen molar-refractivity contribution in [3.8, 4) is 11.5 Å². The average molecular weight is 367 g/mol. The smallest absolute Gasteiger partial charge is 0.418 e. The maximum Gasteiger partial charge on any atom is 0.418 e. The molecule has 1 N–H and O–H groups in total. The van der Waals surface area contributed by atoms with E-state index >= 15 is 0 Å². The van der Waals surface area contributed by atoms with Gasteiger partial charge in [0.1, 0.15) is 0 Å². The van der Waals surface area contributed by atoms with E-state index in [4.69, 9.17) is 9.47 Å². The Morgan fingerprint density at radius 3 is 2.50 bits per heavy atom. The predicted molar refractivity (Wildman–Crippen MR) is 92.8 cm³/mol. The summed E-state index contributed by atoms with van der Waals surface area (Å²) in [4.78, 5) is 12.4. The number of ether oxygens (including phenoxy) is 2. The fraction of sp³-hybridized carbons (Fsp3) is 0.316. The van der Waals surface area contributed by atoms with Crippen LogP contribution in [-0.2, 0) is 6.18 Å². The first-order valence-electron chi connectivity index (χ1n) is 8.15. The lowest BCUT2D eigenvalue weighted by Crippen LogP contribution is -2.16. The van der Waals surface area contributed by atoms with E-state index in [-0.39, 0.29) is 11.3 Å². The molecular formula is C19H20F3NO3. The summed E-state index contributed by atoms with van der Waals surface area (Å²) in [5.41, 5.74) is -1.03. The summed E-state index contributed by atoms with van der Waals surface area (Å²) < 4.78 is 49.9. The maximum atomic E-state index is 13.0. The van der Waals surface area contributed by atoms with E-state index in [1.54, 1.807) is 6.07 Å². The van der Waals surface area contributed by atoms with Crippen LogP contribution in [0, 0.1) is 0 Å². The van der Waals surface area contributed by atoms with Crippen molar-refractivity contribution in [2.45, 2.75) is 25.9 Å². The van der Waals surface area contributed by atoms with E-state index in [1.807, 2.05) is 6.92 Å². The van der Waals surface area contributed by atoms with E-state index in [9.17, 15) is 18.0 Å². The van der Waals surface area contributed by atoms with Gasteiger partial charge in [-0.15, -0.1) is 0 Å². The molecular weight excluding hydrogens is 347 g/mol. The number of carbonyl (C=O) groups excluding carboxylic acids is 1. The molecule has 7 heteroatoms. The Labute approximate surface area is 149 Å². The first kappa shape index (κ1) is 19.6. The van der Waals surface area contributed by atoms with Crippen molar-refractivity contribution in [2.24, 2.45) is 0 Å². The Bertz CT molecular complexity index is 760. The number of nitrogens with one attached hydrogen (secondary N) is 1. The van der Waals surface area contributed by atoms with Crippen LogP contribution < -0.4 is 14.8 Å². The van der Waals surface area contributed by atoms with Crippen molar-refractivity contribution in [2.75, 3.05) is 19.0 Å². The lowest BCUT2D eigenvalue weighted by Gasteiger charge is -2.15. The summed E-state index contributed by atoms with van der Waals surface area (Å²) in [5, 5.41) is 2.30. The number of methoxy groups -OCH3 is 1. The van der Waals surface area contributed by atoms with Crippen molar-refractivity contribution in [1.82, 2.24) is 0 Å². The quantitative estimate of drug-likeness (QED) is 0.689. The number of halogens is 3. The van der Waals surface area contributed by atoms with Gasteiger partial charge in [-0.3, -0.25) is 4.79 Å². The summed E-state index contributed by atoms with van der Waals surface area (Å²) in [7, 11) is 1.43. The number of benzene rings is 2. The van der Waals surface area contributed by atoms with Gasteiger partial charge in [0.15, 0.2) is 11.5 Å². The van der Waals surface area contributed by atoms with E-state index in [2.05, 4.69) is 5.32 Å². The van der Waals surface area contributed by atoms with Gasteiger partial charge in [-0.05, 0) is 36.8 Å². The second-order valence-electron chi connectivity index (χ2n) is 5.57. The van der Waals surface area contributed by atoms with Crippen LogP contribution in [0.3, 0.4) is 0 Å². The van der Waals surface area contributed by atoms with Gasteiger partial charge in [0.2, 0.25) is 0 Å². The summed E-state index contributed by atoms with van der Waals surface area (Å²) in [6.45, 7) is 2.55. The molecule has 26 heavy (non-hydrogen) atoms. The minimum atomic E-state index is -4.56. The van der Waals surface area contributed by atoms with Gasteiger partial charge in [-0.25, -0.2) is 0 Å². The molecule has 0 atom stereocenters. The van der Waals surface area contributed by atoms with Gasteiger partial charge in [0.05, 0.1) is 25.0 Å². The number of hydrogen-bond donors (Lipinski definition) is 1. The molecule has 0 aliphatic heterocycles. The molecule has 0 aromatic heterocycles. The van der Waals surface area contributed by atoms with Crippen LogP contribution in [0.5, 0.6) is 11.5 Å². The molecule has 2 aromatic carbocycles. The number of anilines is 1. The summed E-state index contributed by atoms with van der Waals surface area (Å²) >= 11 is 0. The lowest BCUT2D eigenvalue weighted by molar-refractivity contribution is -0.136. The largest absolute Gasteiger partial charge is 0.493 e. The fourth-order valence-electron chi connectivity index (χ4n) is 2.29. The van der Waals surface area contributed by atoms with Crippen molar-refractivity contribution in [3.05, 3.63) is 53.6 Å². The first-order chi connectivity index (χ1) is 12.4. The Kier molecular flexibility index (Phi) is 6.49. The molecule has 0 saturated carbocycles. The molecule has 4 nitrogen and oxygen atoms in total. The standard InChI is InChI=1S/C19H20F3NO3/c1-3-4-11-26-16-10-9-13(12-17(16)25-2)18(24)23-15-8-6-5-7-14(15)19(20,21)22/h5-10,12H,3-4,11H2,1-2H3,(H,23,24). The van der Waals surface area contributed by atoms with E-state index in [0.29, 0.717) is 18.1 Å². The molecule has 0 bridgehead atoms. The Hall–Kier alpha value is -2.70. The molecule has 0 radical (unpaired) electrons. The van der Waals surface area contributed by atoms with Crippen LogP contribution in [0.25, 0.3) is 0 Å². The van der Waals surface area contributed by atoms with E-state index in [0.717, 1.165) is 18.9 Å². The number of carbonyl (C=O) groups is 1. The van der Waals surface area contributed by atoms with Gasteiger partial charge in [-0.2, -0.15) is 13.2 Å². The second-order valence-corrected chi connectivity index (χ2v) is 5.57. The SMILES string of the molecule is CCCCOc1ccc(C(=O)Nc2ccccc2C(F)(F)F)cc1OC. The highest BCUT2D eigenvalue weighted by atomic mass is 19.4. The maximum absolute atomic E-state index is 13.0. The normalized spacial score (nSPS) is 11.1. The third-order valence-corrected chi connectivity index (χ3v) is 3.66. The molecule has 0 saturated heterocycles. The molecule has 140 valence electrons. The van der Waals surface area contributed by atoms with Crippen molar-refractivity contribution in [3.63, 3.8) is 0 Å². The van der Waals surface area contributed by atoms with Gasteiger partial charge in [-0.1, -0.05) is 25.5 Å². The summed E-state index contributed by atoms with van der Waals surface area (Å²) in [6.07, 6.45) is -2.71. The number of para-hydroxylation sites is 1. The van der Waals surface area contributed by atoms with Gasteiger partial charge in [0, 0.05) is 5.56 Å². The predicted octanol–water partition coefficient (Wildman–Crippen LogP) is 5.15. The Balaban J connectivity index is 2.20. The van der Waals surface area contributed by atoms with E-state index in [1.165, 1.54) is 37.4 Å². The number of amides is 1. The third-order valence-electron chi connectivity index (χ3n) is 3.66. The molecule has 1 amide bonds. The van der Waals surface area contributed by atoms with Crippen LogP contribution in [0.15, 0.2) is 42.5 Å². The first-order valence-corrected chi connectivity index (χ1v) is 8.15. The zero-order valence-electron chi connectivity index (χ0n) is 14.5. The highest BCUT2D eigenvalue weighted by Crippen LogP contribution is 2.35. The minimum absolute atomic E-state index is 0.168. The molecule has 0 spiro atoms. The van der Waals surface area contributed by atoms with E-state index < -0.39 is 17.6 Å². The van der Waals surface area contributed by atoms with Gasteiger partial charge in [0.25, 0.3) is 5.91 Å². The monoisotopic (exact) mass is 367 g/mol. The van der Waals surface area contributed by atoms with Crippen molar-refractivity contribution < 1.29 is 27.4 Å². The number of alkyl halides is 3. The topological polar surface area (TPSA) is 47.6 Å². The number of rotatable bonds is 7. The second kappa shape index (κ2) is 8.60. The zero-order chi connectivity index (χ0) is 19.2. The molecule has 2 aromatic rings. The summed E-state index contributed by atoms with van der Waals surface area (Å²) in [6, 6.07) is 9.31. The van der Waals surface area contributed by atoms with Crippen LogP contribution in [0.1, 0.15) is 35.7 Å². The van der Waals surface area contributed by atoms with Crippen LogP contribution in [-0.4, -0.2) is 19.6 Å². The van der Waals surface area contributed by atoms with Gasteiger partial charge >= 0.3 is 6.18 Å². The van der Waals surface area contributed by atoms with Gasteiger partial charge < -0.3 is 14.8 Å². The fourth-order valence-corrected chi connectivity index (χ4v) is 2.29. The van der Waals surface area contributed by atoms with Crippen molar-refractivity contribution >= 4 is 11.6 Å². The molecule has 0 fully saturated rings. The molecule has 0 unspecified atom stereocenters. The highest BCUT2D eigenvalue weighted by Gasteiger charge is 2.33. The number of hydrogen-bond acceptors (Lipinski definition) is 3. The van der Waals surface area contributed by atoms with Crippen LogP contribution in [0.2, 0.25) is 0 Å². The molecule has 2 rings (SSSR count). The average Bonchev–Trinajstić information content (AvgIpc) is 2.61. The molecule has 0 aliphatic carbocycles. The van der Waals surface area contributed by atoms with Crippen molar-refractivity contribution in [1.29, 1.82) is 0 Å². The minimum Gasteiger partial charge on any atom is -0.493 e. The number of unbranched alkanes of at least 4 members (excludes halogenated alkanes) is 1. The lowest BCUT2D eigenvalue weighted by atomic mass is 10.1. The molecule has 0 aliphatic rings.